The van der Waals surface area contributed by atoms with Crippen molar-refractivity contribution in [1.29, 1.82) is 0 Å². The number of nitrogens with one attached hydrogen (secondary N) is 2. The summed E-state index contributed by atoms with van der Waals surface area (Å²) in [5.41, 5.74) is 2.14. The maximum Gasteiger partial charge on any atom is 0.221 e. The second-order valence-corrected chi connectivity index (χ2v) is 3.50. The fraction of sp³-hybridized carbons (Fsp3) is 0.600. The molecule has 1 rings (SSSR count). The van der Waals surface area contributed by atoms with E-state index in [1.54, 1.807) is 7.05 Å². The van der Waals surface area contributed by atoms with Gasteiger partial charge in [-0.15, -0.1) is 0 Å². The molecule has 0 radical (unpaired) electrons. The van der Waals surface area contributed by atoms with Crippen LogP contribution in [0.5, 0.6) is 0 Å². The second kappa shape index (κ2) is 5.50. The van der Waals surface area contributed by atoms with E-state index in [-0.39, 0.29) is 5.91 Å². The molecular formula is C10H18N4O. The lowest BCUT2D eigenvalue weighted by Crippen LogP contribution is -2.25. The molecule has 0 aliphatic heterocycles. The van der Waals surface area contributed by atoms with Crippen molar-refractivity contribution >= 4 is 5.91 Å². The summed E-state index contributed by atoms with van der Waals surface area (Å²) in [5, 5.41) is 10.0. The van der Waals surface area contributed by atoms with Crippen LogP contribution in [0.15, 0.2) is 6.07 Å². The summed E-state index contributed by atoms with van der Waals surface area (Å²) in [6, 6.07) is 2.03. The van der Waals surface area contributed by atoms with Crippen LogP contribution >= 0.6 is 0 Å². The summed E-state index contributed by atoms with van der Waals surface area (Å²) in [6.45, 7) is 3.40. The van der Waals surface area contributed by atoms with Crippen molar-refractivity contribution in [3.8, 4) is 0 Å². The van der Waals surface area contributed by atoms with Crippen LogP contribution in [-0.2, 0) is 18.4 Å². The molecule has 1 aromatic rings. The van der Waals surface area contributed by atoms with Crippen molar-refractivity contribution in [3.63, 3.8) is 0 Å². The molecule has 1 amide bonds. The zero-order valence-corrected chi connectivity index (χ0v) is 9.50. The van der Waals surface area contributed by atoms with Gasteiger partial charge in [0.15, 0.2) is 0 Å². The van der Waals surface area contributed by atoms with Gasteiger partial charge >= 0.3 is 0 Å². The Morgan fingerprint density at radius 3 is 2.87 bits per heavy atom. The van der Waals surface area contributed by atoms with Crippen molar-refractivity contribution in [1.82, 2.24) is 20.4 Å². The van der Waals surface area contributed by atoms with Gasteiger partial charge in [0.25, 0.3) is 0 Å². The van der Waals surface area contributed by atoms with Gasteiger partial charge in [-0.3, -0.25) is 9.48 Å². The molecule has 0 bridgehead atoms. The standard InChI is InChI=1S/C10H18N4O/c1-8-6-9(14(3)13-8)7-12-5-4-10(15)11-2/h6,12H,4-5,7H2,1-3H3,(H,11,15). The second-order valence-electron chi connectivity index (χ2n) is 3.50. The zero-order valence-electron chi connectivity index (χ0n) is 9.50. The maximum atomic E-state index is 10.9. The van der Waals surface area contributed by atoms with Crippen LogP contribution in [0.3, 0.4) is 0 Å². The molecule has 2 N–H and O–H groups in total. The van der Waals surface area contributed by atoms with Gasteiger partial charge in [0.2, 0.25) is 5.91 Å². The first-order chi connectivity index (χ1) is 7.13. The third kappa shape index (κ3) is 3.71. The predicted molar refractivity (Wildman–Crippen MR) is 58.3 cm³/mol. The summed E-state index contributed by atoms with van der Waals surface area (Å²) < 4.78 is 1.85. The van der Waals surface area contributed by atoms with Crippen molar-refractivity contribution < 1.29 is 4.79 Å². The largest absolute Gasteiger partial charge is 0.359 e. The molecule has 0 unspecified atom stereocenters. The van der Waals surface area contributed by atoms with Crippen molar-refractivity contribution in [3.05, 3.63) is 17.5 Å². The maximum absolute atomic E-state index is 10.9. The average molecular weight is 210 g/mol. The fourth-order valence-electron chi connectivity index (χ4n) is 1.37. The van der Waals surface area contributed by atoms with E-state index in [1.165, 1.54) is 0 Å². The third-order valence-corrected chi connectivity index (χ3v) is 2.21. The number of nitrogens with zero attached hydrogens (tertiary/aromatic N) is 2. The molecule has 1 heterocycles. The molecule has 5 heteroatoms. The van der Waals surface area contributed by atoms with Crippen LogP contribution in [0.1, 0.15) is 17.8 Å². The Kier molecular flexibility index (Phi) is 4.30. The Morgan fingerprint density at radius 1 is 1.60 bits per heavy atom. The minimum Gasteiger partial charge on any atom is -0.359 e. The smallest absolute Gasteiger partial charge is 0.221 e. The highest BCUT2D eigenvalue weighted by Crippen LogP contribution is 2.00. The molecule has 0 aliphatic rings. The normalized spacial score (nSPS) is 10.3. The summed E-state index contributed by atoms with van der Waals surface area (Å²) in [5.74, 6) is 0.0590. The molecule has 0 aliphatic carbocycles. The van der Waals surface area contributed by atoms with E-state index >= 15 is 0 Å². The van der Waals surface area contributed by atoms with Crippen molar-refractivity contribution in [2.24, 2.45) is 7.05 Å². The molecular weight excluding hydrogens is 192 g/mol. The Hall–Kier alpha value is -1.36. The van der Waals surface area contributed by atoms with Crippen LogP contribution in [0.2, 0.25) is 0 Å². The Bertz CT molecular complexity index is 332. The number of hydrogen-bond donors (Lipinski definition) is 2. The average Bonchev–Trinajstić information content (AvgIpc) is 2.52. The van der Waals surface area contributed by atoms with E-state index in [2.05, 4.69) is 15.7 Å². The SMILES string of the molecule is CNC(=O)CCNCc1cc(C)nn1C. The first-order valence-electron chi connectivity index (χ1n) is 5.04. The number of hydrogen-bond acceptors (Lipinski definition) is 3. The topological polar surface area (TPSA) is 59.0 Å². The van der Waals surface area contributed by atoms with Gasteiger partial charge in [0.05, 0.1) is 11.4 Å². The highest BCUT2D eigenvalue weighted by molar-refractivity contribution is 5.75. The molecule has 0 fully saturated rings. The molecule has 1 aromatic heterocycles. The van der Waals surface area contributed by atoms with E-state index in [0.717, 1.165) is 17.9 Å². The number of rotatable bonds is 5. The fourth-order valence-corrected chi connectivity index (χ4v) is 1.37. The van der Waals surface area contributed by atoms with Crippen LogP contribution in [-0.4, -0.2) is 29.3 Å². The van der Waals surface area contributed by atoms with E-state index in [1.807, 2.05) is 24.7 Å². The molecule has 84 valence electrons. The van der Waals surface area contributed by atoms with Crippen molar-refractivity contribution in [2.75, 3.05) is 13.6 Å². The molecule has 0 saturated carbocycles. The number of aromatic nitrogens is 2. The third-order valence-electron chi connectivity index (χ3n) is 2.21. The predicted octanol–water partition coefficient (Wildman–Crippen LogP) is -0.0458. The Morgan fingerprint density at radius 2 is 2.33 bits per heavy atom. The summed E-state index contributed by atoms with van der Waals surface area (Å²) in [4.78, 5) is 10.9. The molecule has 5 nitrogen and oxygen atoms in total. The van der Waals surface area contributed by atoms with Crippen molar-refractivity contribution in [2.45, 2.75) is 19.9 Å². The summed E-state index contributed by atoms with van der Waals surface area (Å²) in [7, 11) is 3.57. The lowest BCUT2D eigenvalue weighted by molar-refractivity contribution is -0.120. The van der Waals surface area contributed by atoms with Crippen LogP contribution in [0, 0.1) is 6.92 Å². The van der Waals surface area contributed by atoms with Gasteiger partial charge in [-0.25, -0.2) is 0 Å². The van der Waals surface area contributed by atoms with Gasteiger partial charge in [0.1, 0.15) is 0 Å². The lowest BCUT2D eigenvalue weighted by Gasteiger charge is -2.04. The highest BCUT2D eigenvalue weighted by atomic mass is 16.1. The minimum atomic E-state index is 0.0590. The molecule has 0 aromatic carbocycles. The first kappa shape index (κ1) is 11.7. The number of amides is 1. The van der Waals surface area contributed by atoms with Gasteiger partial charge in [-0.05, 0) is 13.0 Å². The Balaban J connectivity index is 2.26. The first-order valence-corrected chi connectivity index (χ1v) is 5.04. The molecule has 15 heavy (non-hydrogen) atoms. The monoisotopic (exact) mass is 210 g/mol. The number of aryl methyl sites for hydroxylation is 2. The van der Waals surface area contributed by atoms with Crippen LogP contribution in [0.25, 0.3) is 0 Å². The minimum absolute atomic E-state index is 0.0590. The molecule has 0 atom stereocenters. The summed E-state index contributed by atoms with van der Waals surface area (Å²) in [6.07, 6.45) is 0.507. The van der Waals surface area contributed by atoms with Crippen LogP contribution < -0.4 is 10.6 Å². The van der Waals surface area contributed by atoms with E-state index in [9.17, 15) is 4.79 Å². The van der Waals surface area contributed by atoms with Gasteiger partial charge < -0.3 is 10.6 Å². The van der Waals surface area contributed by atoms with Gasteiger partial charge in [0, 0.05) is 33.6 Å². The zero-order chi connectivity index (χ0) is 11.3. The van der Waals surface area contributed by atoms with E-state index in [0.29, 0.717) is 13.0 Å². The van der Waals surface area contributed by atoms with E-state index in [4.69, 9.17) is 0 Å². The lowest BCUT2D eigenvalue weighted by atomic mass is 10.3. The Labute approximate surface area is 89.9 Å². The quantitative estimate of drug-likeness (QED) is 0.670. The van der Waals surface area contributed by atoms with E-state index < -0.39 is 0 Å². The molecule has 0 saturated heterocycles. The summed E-state index contributed by atoms with van der Waals surface area (Å²) >= 11 is 0. The van der Waals surface area contributed by atoms with Gasteiger partial charge in [-0.2, -0.15) is 5.10 Å². The molecule has 0 spiro atoms. The highest BCUT2D eigenvalue weighted by Gasteiger charge is 2.01. The van der Waals surface area contributed by atoms with Gasteiger partial charge in [-0.1, -0.05) is 0 Å². The number of carbonyl (C=O) groups is 1. The van der Waals surface area contributed by atoms with Crippen LogP contribution in [0.4, 0.5) is 0 Å². The number of carbonyl (C=O) groups excluding carboxylic acids is 1.